The molecule has 1 N–H and O–H groups in total. The summed E-state index contributed by atoms with van der Waals surface area (Å²) < 4.78 is 5.58. The summed E-state index contributed by atoms with van der Waals surface area (Å²) in [5.41, 5.74) is 0. The molecule has 2 atom stereocenters. The zero-order chi connectivity index (χ0) is 13.1. The molecule has 2 aliphatic heterocycles. The van der Waals surface area contributed by atoms with Crippen LogP contribution in [-0.4, -0.2) is 42.3 Å². The Balaban J connectivity index is 1.68. The van der Waals surface area contributed by atoms with Crippen LogP contribution in [-0.2, 0) is 0 Å². The molecule has 3 heterocycles. The van der Waals surface area contributed by atoms with E-state index >= 15 is 0 Å². The first-order valence-electron chi connectivity index (χ1n) is 7.30. The van der Waals surface area contributed by atoms with Crippen molar-refractivity contribution in [2.75, 3.05) is 31.1 Å². The second-order valence-electron chi connectivity index (χ2n) is 5.43. The molecule has 5 heteroatoms. The predicted octanol–water partition coefficient (Wildman–Crippen LogP) is 1.45. The maximum Gasteiger partial charge on any atom is 0.218 e. The van der Waals surface area contributed by atoms with Gasteiger partial charge in [-0.2, -0.15) is 0 Å². The monoisotopic (exact) mass is 262 g/mol. The van der Waals surface area contributed by atoms with E-state index in [0.717, 1.165) is 37.8 Å². The highest BCUT2D eigenvalue weighted by Crippen LogP contribution is 2.28. The summed E-state index contributed by atoms with van der Waals surface area (Å²) in [4.78, 5) is 10.9. The summed E-state index contributed by atoms with van der Waals surface area (Å²) in [5, 5.41) is 3.61. The molecule has 0 amide bonds. The maximum absolute atomic E-state index is 5.58. The first-order chi connectivity index (χ1) is 9.36. The van der Waals surface area contributed by atoms with Gasteiger partial charge in [0.15, 0.2) is 0 Å². The number of piperidine rings is 1. The van der Waals surface area contributed by atoms with E-state index in [2.05, 4.69) is 27.1 Å². The molecule has 2 fully saturated rings. The second kappa shape index (κ2) is 5.74. The lowest BCUT2D eigenvalue weighted by molar-refractivity contribution is 0.304. The summed E-state index contributed by atoms with van der Waals surface area (Å²) in [6, 6.07) is 2.59. The summed E-state index contributed by atoms with van der Waals surface area (Å²) >= 11 is 0. The van der Waals surface area contributed by atoms with E-state index in [1.807, 2.05) is 6.07 Å². The molecule has 19 heavy (non-hydrogen) atoms. The largest absolute Gasteiger partial charge is 0.478 e. The highest BCUT2D eigenvalue weighted by atomic mass is 16.5. The van der Waals surface area contributed by atoms with Gasteiger partial charge >= 0.3 is 0 Å². The van der Waals surface area contributed by atoms with Gasteiger partial charge in [-0.25, -0.2) is 9.97 Å². The average molecular weight is 262 g/mol. The molecule has 0 spiro atoms. The van der Waals surface area contributed by atoms with Crippen LogP contribution >= 0.6 is 0 Å². The summed E-state index contributed by atoms with van der Waals surface area (Å²) in [6.07, 6.45) is 5.23. The Morgan fingerprint density at radius 1 is 1.42 bits per heavy atom. The highest BCUT2D eigenvalue weighted by Gasteiger charge is 2.34. The van der Waals surface area contributed by atoms with Gasteiger partial charge in [0.05, 0.1) is 6.61 Å². The van der Waals surface area contributed by atoms with Crippen molar-refractivity contribution in [3.63, 3.8) is 0 Å². The molecular formula is C14H22N4O. The molecule has 0 radical (unpaired) electrons. The molecule has 0 unspecified atom stereocenters. The van der Waals surface area contributed by atoms with Gasteiger partial charge in [0.25, 0.3) is 0 Å². The Bertz CT molecular complexity index is 412. The third-order valence-electron chi connectivity index (χ3n) is 4.00. The maximum atomic E-state index is 5.58. The van der Waals surface area contributed by atoms with E-state index < -0.39 is 0 Å². The lowest BCUT2D eigenvalue weighted by atomic mass is 9.94. The normalized spacial score (nSPS) is 26.3. The molecule has 3 rings (SSSR count). The zero-order valence-electron chi connectivity index (χ0n) is 11.5. The van der Waals surface area contributed by atoms with E-state index in [-0.39, 0.29) is 0 Å². The molecule has 0 saturated carbocycles. The van der Waals surface area contributed by atoms with Crippen LogP contribution in [0.3, 0.4) is 0 Å². The minimum atomic E-state index is 0.628. The van der Waals surface area contributed by atoms with Crippen molar-refractivity contribution < 1.29 is 4.74 Å². The fourth-order valence-electron chi connectivity index (χ4n) is 3.02. The van der Waals surface area contributed by atoms with Gasteiger partial charge in [0.1, 0.15) is 12.1 Å². The molecule has 5 nitrogen and oxygen atoms in total. The van der Waals surface area contributed by atoms with Crippen LogP contribution in [0.5, 0.6) is 5.88 Å². The Hall–Kier alpha value is -1.36. The smallest absolute Gasteiger partial charge is 0.218 e. The molecule has 1 aromatic rings. The van der Waals surface area contributed by atoms with Crippen LogP contribution in [0.2, 0.25) is 0 Å². The van der Waals surface area contributed by atoms with Crippen LogP contribution in [0.1, 0.15) is 26.2 Å². The Morgan fingerprint density at radius 3 is 3.21 bits per heavy atom. The summed E-state index contributed by atoms with van der Waals surface area (Å²) in [7, 11) is 0. The van der Waals surface area contributed by atoms with Gasteiger partial charge in [-0.05, 0) is 31.7 Å². The zero-order valence-corrected chi connectivity index (χ0v) is 11.5. The van der Waals surface area contributed by atoms with Gasteiger partial charge in [-0.15, -0.1) is 0 Å². The number of aromatic nitrogens is 2. The Labute approximate surface area is 114 Å². The number of nitrogens with one attached hydrogen (secondary N) is 1. The van der Waals surface area contributed by atoms with Gasteiger partial charge < -0.3 is 15.0 Å². The van der Waals surface area contributed by atoms with E-state index in [1.165, 1.54) is 12.8 Å². The van der Waals surface area contributed by atoms with Crippen LogP contribution in [0.25, 0.3) is 0 Å². The number of hydrogen-bond donors (Lipinski definition) is 1. The van der Waals surface area contributed by atoms with Crippen molar-refractivity contribution in [2.45, 2.75) is 32.2 Å². The van der Waals surface area contributed by atoms with Crippen molar-refractivity contribution in [1.82, 2.24) is 15.3 Å². The predicted molar refractivity (Wildman–Crippen MR) is 74.5 cm³/mol. The fourth-order valence-corrected chi connectivity index (χ4v) is 3.02. The van der Waals surface area contributed by atoms with Crippen LogP contribution in [0.15, 0.2) is 12.4 Å². The lowest BCUT2D eigenvalue weighted by Crippen LogP contribution is -2.40. The number of rotatable bonds is 4. The van der Waals surface area contributed by atoms with Crippen LogP contribution < -0.4 is 15.0 Å². The lowest BCUT2D eigenvalue weighted by Gasteiger charge is -2.24. The van der Waals surface area contributed by atoms with Crippen LogP contribution in [0.4, 0.5) is 5.82 Å². The molecule has 2 saturated heterocycles. The number of hydrogen-bond acceptors (Lipinski definition) is 5. The quantitative estimate of drug-likeness (QED) is 0.890. The van der Waals surface area contributed by atoms with Crippen molar-refractivity contribution in [3.8, 4) is 5.88 Å². The van der Waals surface area contributed by atoms with E-state index in [0.29, 0.717) is 18.5 Å². The first-order valence-corrected chi connectivity index (χ1v) is 7.30. The third kappa shape index (κ3) is 2.81. The third-order valence-corrected chi connectivity index (χ3v) is 4.00. The molecule has 0 bridgehead atoms. The highest BCUT2D eigenvalue weighted by molar-refractivity contribution is 5.42. The first kappa shape index (κ1) is 12.7. The van der Waals surface area contributed by atoms with Gasteiger partial charge in [0.2, 0.25) is 5.88 Å². The minimum absolute atomic E-state index is 0.628. The number of nitrogens with zero attached hydrogens (tertiary/aromatic N) is 3. The molecule has 1 aromatic heterocycles. The van der Waals surface area contributed by atoms with Gasteiger partial charge in [0, 0.05) is 25.2 Å². The minimum Gasteiger partial charge on any atom is -0.478 e. The fraction of sp³-hybridized carbons (Fsp3) is 0.714. The van der Waals surface area contributed by atoms with Crippen molar-refractivity contribution >= 4 is 5.82 Å². The van der Waals surface area contributed by atoms with Crippen molar-refractivity contribution in [2.24, 2.45) is 5.92 Å². The molecule has 104 valence electrons. The Morgan fingerprint density at radius 2 is 2.37 bits per heavy atom. The number of ether oxygens (including phenoxy) is 1. The molecular weight excluding hydrogens is 240 g/mol. The number of fused-ring (bicyclic) bond motifs is 1. The Kier molecular flexibility index (Phi) is 3.82. The van der Waals surface area contributed by atoms with Gasteiger partial charge in [-0.1, -0.05) is 6.92 Å². The average Bonchev–Trinajstić information content (AvgIpc) is 2.89. The number of anilines is 1. The molecule has 0 aliphatic carbocycles. The second-order valence-corrected chi connectivity index (χ2v) is 5.43. The molecule has 0 aromatic carbocycles. The molecule has 2 aliphatic rings. The van der Waals surface area contributed by atoms with Crippen LogP contribution in [0, 0.1) is 5.92 Å². The summed E-state index contributed by atoms with van der Waals surface area (Å²) in [5.74, 6) is 2.45. The van der Waals surface area contributed by atoms with E-state index in [1.54, 1.807) is 6.33 Å². The SMILES string of the molecule is CCCOc1cc(N2C[C@@H]3CCCN[C@@H]3C2)ncn1. The van der Waals surface area contributed by atoms with Gasteiger partial charge in [-0.3, -0.25) is 0 Å². The standard InChI is InChI=1S/C14H22N4O/c1-2-6-19-14-7-13(16-10-17-14)18-8-11-4-3-5-15-12(11)9-18/h7,10-12,15H,2-6,8-9H2,1H3/t11-,12+/m0/s1. The topological polar surface area (TPSA) is 50.3 Å². The summed E-state index contributed by atoms with van der Waals surface area (Å²) in [6.45, 7) is 6.11. The van der Waals surface area contributed by atoms with Crippen molar-refractivity contribution in [1.29, 1.82) is 0 Å². The van der Waals surface area contributed by atoms with E-state index in [4.69, 9.17) is 4.74 Å². The van der Waals surface area contributed by atoms with E-state index in [9.17, 15) is 0 Å². The van der Waals surface area contributed by atoms with Crippen molar-refractivity contribution in [3.05, 3.63) is 12.4 Å².